The lowest BCUT2D eigenvalue weighted by molar-refractivity contribution is -0.115. The Hall–Kier alpha value is -3.23. The Morgan fingerprint density at radius 1 is 0.879 bits per heavy atom. The van der Waals surface area contributed by atoms with E-state index < -0.39 is 0 Å². The van der Waals surface area contributed by atoms with Crippen LogP contribution in [0.5, 0.6) is 11.5 Å². The van der Waals surface area contributed by atoms with Crippen LogP contribution in [0.25, 0.3) is 0 Å². The second-order valence-corrected chi connectivity index (χ2v) is 9.02. The Labute approximate surface area is 203 Å². The Bertz CT molecular complexity index is 1120. The molecule has 3 N–H and O–H groups in total. The quantitative estimate of drug-likeness (QED) is 0.293. The third kappa shape index (κ3) is 6.40. The third-order valence-corrected chi connectivity index (χ3v) is 6.44. The lowest BCUT2D eigenvalue weighted by atomic mass is 10.2. The van der Waals surface area contributed by atoms with Gasteiger partial charge in [-0.15, -0.1) is 11.8 Å². The zero-order valence-corrected chi connectivity index (χ0v) is 19.8. The van der Waals surface area contributed by atoms with Gasteiger partial charge in [0.2, 0.25) is 5.91 Å². The number of ether oxygens (including phenoxy) is 2. The van der Waals surface area contributed by atoms with Crippen molar-refractivity contribution in [1.82, 2.24) is 0 Å². The molecule has 0 bridgehead atoms. The fourth-order valence-corrected chi connectivity index (χ4v) is 4.54. The zero-order chi connectivity index (χ0) is 23.0. The van der Waals surface area contributed by atoms with E-state index in [1.165, 1.54) is 11.8 Å². The predicted octanol–water partition coefficient (Wildman–Crippen LogP) is 5.78. The summed E-state index contributed by atoms with van der Waals surface area (Å²) in [7, 11) is 0. The monoisotopic (exact) mass is 479 g/mol. The highest BCUT2D eigenvalue weighted by atomic mass is 32.2. The molecule has 0 saturated heterocycles. The highest BCUT2D eigenvalue weighted by Gasteiger charge is 2.20. The van der Waals surface area contributed by atoms with E-state index in [0.29, 0.717) is 41.9 Å². The van der Waals surface area contributed by atoms with Gasteiger partial charge >= 0.3 is 0 Å². The van der Waals surface area contributed by atoms with Crippen molar-refractivity contribution >= 4 is 52.1 Å². The van der Waals surface area contributed by atoms with Gasteiger partial charge in [-0.1, -0.05) is 31.2 Å². The number of hydrogen-bond donors (Lipinski definition) is 3. The summed E-state index contributed by atoms with van der Waals surface area (Å²) >= 11 is 6.94. The summed E-state index contributed by atoms with van der Waals surface area (Å²) in [6, 6.07) is 23.1. The largest absolute Gasteiger partial charge is 0.486 e. The van der Waals surface area contributed by atoms with Crippen LogP contribution in [0.15, 0.2) is 77.7 Å². The first-order valence-electron chi connectivity index (χ1n) is 10.7. The molecule has 1 unspecified atom stereocenters. The fourth-order valence-electron chi connectivity index (χ4n) is 3.29. The molecule has 6 nitrogen and oxygen atoms in total. The SMILES string of the molecule is CCC(Sc1cccc(NC(=S)Nc2ccccc2)c1)C(=O)Nc1ccc2c(c1)OCCO2. The van der Waals surface area contributed by atoms with Crippen LogP contribution >= 0.6 is 24.0 Å². The van der Waals surface area contributed by atoms with Crippen molar-refractivity contribution in [2.24, 2.45) is 0 Å². The van der Waals surface area contributed by atoms with E-state index >= 15 is 0 Å². The highest BCUT2D eigenvalue weighted by molar-refractivity contribution is 8.00. The molecule has 0 fully saturated rings. The van der Waals surface area contributed by atoms with Gasteiger partial charge in [0.1, 0.15) is 13.2 Å². The molecule has 3 aromatic carbocycles. The van der Waals surface area contributed by atoms with Gasteiger partial charge in [-0.2, -0.15) is 0 Å². The minimum atomic E-state index is -0.247. The van der Waals surface area contributed by atoms with Gasteiger partial charge in [0.05, 0.1) is 5.25 Å². The van der Waals surface area contributed by atoms with Gasteiger partial charge in [0, 0.05) is 28.0 Å². The first kappa shape index (κ1) is 22.9. The van der Waals surface area contributed by atoms with E-state index in [4.69, 9.17) is 21.7 Å². The van der Waals surface area contributed by atoms with Crippen LogP contribution in [0, 0.1) is 0 Å². The predicted molar refractivity (Wildman–Crippen MR) is 139 cm³/mol. The average molecular weight is 480 g/mol. The van der Waals surface area contributed by atoms with Crippen LogP contribution in [0.2, 0.25) is 0 Å². The lowest BCUT2D eigenvalue weighted by Crippen LogP contribution is -2.24. The molecule has 1 amide bonds. The molecule has 1 atom stereocenters. The molecule has 1 aliphatic rings. The minimum absolute atomic E-state index is 0.0567. The van der Waals surface area contributed by atoms with E-state index in [1.807, 2.05) is 73.7 Å². The van der Waals surface area contributed by atoms with Gasteiger partial charge in [-0.25, -0.2) is 0 Å². The number of carbonyl (C=O) groups is 1. The number of benzene rings is 3. The molecule has 0 radical (unpaired) electrons. The van der Waals surface area contributed by atoms with Crippen molar-refractivity contribution in [2.45, 2.75) is 23.5 Å². The molecule has 0 saturated carbocycles. The third-order valence-electron chi connectivity index (χ3n) is 4.87. The van der Waals surface area contributed by atoms with Crippen LogP contribution in [0.3, 0.4) is 0 Å². The van der Waals surface area contributed by atoms with Crippen molar-refractivity contribution in [2.75, 3.05) is 29.2 Å². The molecule has 4 rings (SSSR count). The maximum atomic E-state index is 12.9. The van der Waals surface area contributed by atoms with Crippen molar-refractivity contribution in [1.29, 1.82) is 0 Å². The number of amides is 1. The van der Waals surface area contributed by atoms with Gasteiger partial charge in [0.15, 0.2) is 16.6 Å². The van der Waals surface area contributed by atoms with Crippen LogP contribution in [0.1, 0.15) is 13.3 Å². The molecule has 1 aliphatic heterocycles. The Kier molecular flexibility index (Phi) is 7.70. The number of carbonyl (C=O) groups excluding carboxylic acids is 1. The molecule has 1 heterocycles. The van der Waals surface area contributed by atoms with Gasteiger partial charge in [0.25, 0.3) is 0 Å². The fraction of sp³-hybridized carbons (Fsp3) is 0.200. The normalized spacial score (nSPS) is 13.0. The number of para-hydroxylation sites is 1. The van der Waals surface area contributed by atoms with Crippen LogP contribution < -0.4 is 25.4 Å². The van der Waals surface area contributed by atoms with Gasteiger partial charge in [-0.3, -0.25) is 4.79 Å². The average Bonchev–Trinajstić information content (AvgIpc) is 2.83. The topological polar surface area (TPSA) is 71.6 Å². The zero-order valence-electron chi connectivity index (χ0n) is 18.2. The van der Waals surface area contributed by atoms with Crippen LogP contribution in [0.4, 0.5) is 17.1 Å². The summed E-state index contributed by atoms with van der Waals surface area (Å²) in [4.78, 5) is 13.9. The molecular weight excluding hydrogens is 454 g/mol. The maximum Gasteiger partial charge on any atom is 0.237 e. The smallest absolute Gasteiger partial charge is 0.237 e. The van der Waals surface area contributed by atoms with Crippen LogP contribution in [-0.4, -0.2) is 29.5 Å². The molecule has 0 spiro atoms. The molecule has 33 heavy (non-hydrogen) atoms. The number of rotatable bonds is 7. The number of thioether (sulfide) groups is 1. The van der Waals surface area contributed by atoms with Crippen LogP contribution in [-0.2, 0) is 4.79 Å². The molecule has 8 heteroatoms. The second kappa shape index (κ2) is 11.1. The van der Waals surface area contributed by atoms with E-state index in [0.717, 1.165) is 16.3 Å². The number of anilines is 3. The number of hydrogen-bond acceptors (Lipinski definition) is 5. The summed E-state index contributed by atoms with van der Waals surface area (Å²) in [6.07, 6.45) is 0.687. The van der Waals surface area contributed by atoms with E-state index in [2.05, 4.69) is 16.0 Å². The van der Waals surface area contributed by atoms with Gasteiger partial charge < -0.3 is 25.4 Å². The maximum absolute atomic E-state index is 12.9. The van der Waals surface area contributed by atoms with E-state index in [1.54, 1.807) is 6.07 Å². The summed E-state index contributed by atoms with van der Waals surface area (Å²) < 4.78 is 11.1. The highest BCUT2D eigenvalue weighted by Crippen LogP contribution is 2.33. The Morgan fingerprint density at radius 2 is 1.58 bits per heavy atom. The van der Waals surface area contributed by atoms with E-state index in [-0.39, 0.29) is 11.2 Å². The minimum Gasteiger partial charge on any atom is -0.486 e. The second-order valence-electron chi connectivity index (χ2n) is 7.34. The number of thiocarbonyl (C=S) groups is 1. The van der Waals surface area contributed by atoms with Crippen molar-refractivity contribution in [3.05, 3.63) is 72.8 Å². The first-order valence-corrected chi connectivity index (χ1v) is 12.0. The summed E-state index contributed by atoms with van der Waals surface area (Å²) in [6.45, 7) is 3.04. The number of fused-ring (bicyclic) bond motifs is 1. The molecule has 170 valence electrons. The number of nitrogens with one attached hydrogen (secondary N) is 3. The molecule has 3 aromatic rings. The van der Waals surface area contributed by atoms with Crippen molar-refractivity contribution in [3.8, 4) is 11.5 Å². The lowest BCUT2D eigenvalue weighted by Gasteiger charge is -2.20. The first-order chi connectivity index (χ1) is 16.1. The molecule has 0 aromatic heterocycles. The Morgan fingerprint density at radius 3 is 2.36 bits per heavy atom. The van der Waals surface area contributed by atoms with Crippen molar-refractivity contribution < 1.29 is 14.3 Å². The summed E-state index contributed by atoms with van der Waals surface area (Å²) in [5.41, 5.74) is 2.47. The van der Waals surface area contributed by atoms with Gasteiger partial charge in [-0.05, 0) is 61.1 Å². The Balaban J connectivity index is 1.36. The van der Waals surface area contributed by atoms with E-state index in [9.17, 15) is 4.79 Å². The standard InChI is InChI=1S/C25H25N3O3S2/c1-2-23(24(29)26-19-11-12-21-22(16-19)31-14-13-30-21)33-20-10-6-9-18(15-20)28-25(32)27-17-7-4-3-5-8-17/h3-12,15-16,23H,2,13-14H2,1H3,(H,26,29)(H2,27,28,32). The molecule has 0 aliphatic carbocycles. The van der Waals surface area contributed by atoms with Crippen molar-refractivity contribution in [3.63, 3.8) is 0 Å². The summed E-state index contributed by atoms with van der Waals surface area (Å²) in [5, 5.41) is 9.61. The summed E-state index contributed by atoms with van der Waals surface area (Å²) in [5.74, 6) is 1.29. The molecular formula is C25H25N3O3S2.